The van der Waals surface area contributed by atoms with E-state index in [2.05, 4.69) is 15.3 Å². The smallest absolute Gasteiger partial charge is 0.243 e. The minimum absolute atomic E-state index is 0.0643. The number of nitrogens with one attached hydrogen (secondary N) is 1. The second-order valence-electron chi connectivity index (χ2n) is 9.95. The van der Waals surface area contributed by atoms with Crippen molar-refractivity contribution < 1.29 is 13.2 Å². The first-order valence-electron chi connectivity index (χ1n) is 12.4. The number of fused-ring (bicyclic) bond motifs is 1. The Labute approximate surface area is 192 Å². The summed E-state index contributed by atoms with van der Waals surface area (Å²) in [6, 6.07) is 9.07. The minimum Gasteiger partial charge on any atom is -0.342 e. The summed E-state index contributed by atoms with van der Waals surface area (Å²) in [4.78, 5) is 15.7. The third-order valence-electron chi connectivity index (χ3n) is 8.20. The predicted molar refractivity (Wildman–Crippen MR) is 123 cm³/mol. The molecule has 4 saturated heterocycles. The van der Waals surface area contributed by atoms with Gasteiger partial charge in [0.05, 0.1) is 10.8 Å². The van der Waals surface area contributed by atoms with E-state index in [1.807, 2.05) is 6.07 Å². The average Bonchev–Trinajstić information content (AvgIpc) is 3.28. The van der Waals surface area contributed by atoms with Gasteiger partial charge >= 0.3 is 0 Å². The molecular weight excluding hydrogens is 424 g/mol. The number of likely N-dealkylation sites (tertiary alicyclic amines) is 1. The normalized spacial score (nSPS) is 30.9. The maximum Gasteiger partial charge on any atom is 0.243 e. The predicted octanol–water partition coefficient (Wildman–Crippen LogP) is 2.31. The van der Waals surface area contributed by atoms with Crippen LogP contribution in [0.1, 0.15) is 44.9 Å². The van der Waals surface area contributed by atoms with Crippen molar-refractivity contribution in [1.82, 2.24) is 19.6 Å². The highest BCUT2D eigenvalue weighted by atomic mass is 32.2. The summed E-state index contributed by atoms with van der Waals surface area (Å²) in [5, 5.41) is 2.32. The summed E-state index contributed by atoms with van der Waals surface area (Å²) in [6.45, 7) is 4.78. The first-order valence-corrected chi connectivity index (χ1v) is 13.8. The van der Waals surface area contributed by atoms with Crippen LogP contribution in [0.4, 0.5) is 0 Å². The van der Waals surface area contributed by atoms with Gasteiger partial charge in [-0.3, -0.25) is 10.2 Å². The Morgan fingerprint density at radius 2 is 1.56 bits per heavy atom. The van der Waals surface area contributed by atoms with Crippen molar-refractivity contribution in [3.8, 4) is 0 Å². The van der Waals surface area contributed by atoms with Crippen molar-refractivity contribution in [2.75, 3.05) is 39.3 Å². The summed E-state index contributed by atoms with van der Waals surface area (Å²) in [6.07, 6.45) is 7.52. The summed E-state index contributed by atoms with van der Waals surface area (Å²) in [5.41, 5.74) is 3.50. The molecule has 32 heavy (non-hydrogen) atoms. The SMILES string of the molecule is O=C(C1CNN2CCC(C3CCN(S(=O)(=O)c4ccccc4)CC3)CC12)N1CCCCC1. The van der Waals surface area contributed by atoms with Gasteiger partial charge in [0.1, 0.15) is 0 Å². The monoisotopic (exact) mass is 460 g/mol. The van der Waals surface area contributed by atoms with Crippen molar-refractivity contribution in [3.05, 3.63) is 30.3 Å². The molecule has 5 rings (SSSR count). The van der Waals surface area contributed by atoms with E-state index in [0.29, 0.717) is 35.7 Å². The number of carbonyl (C=O) groups excluding carboxylic acids is 1. The molecule has 1 aromatic carbocycles. The van der Waals surface area contributed by atoms with Crippen LogP contribution in [0.15, 0.2) is 35.2 Å². The van der Waals surface area contributed by atoms with Gasteiger partial charge in [0.25, 0.3) is 0 Å². The van der Waals surface area contributed by atoms with Gasteiger partial charge in [-0.15, -0.1) is 0 Å². The summed E-state index contributed by atoms with van der Waals surface area (Å²) >= 11 is 0. The third-order valence-corrected chi connectivity index (χ3v) is 10.1. The number of rotatable bonds is 4. The Hall–Kier alpha value is -1.48. The molecule has 0 aromatic heterocycles. The molecular formula is C24H36N4O3S. The van der Waals surface area contributed by atoms with Crippen molar-refractivity contribution in [2.45, 2.75) is 55.9 Å². The number of amides is 1. The number of hydrogen-bond donors (Lipinski definition) is 1. The summed E-state index contributed by atoms with van der Waals surface area (Å²) < 4.78 is 27.6. The van der Waals surface area contributed by atoms with E-state index >= 15 is 0 Å². The second kappa shape index (κ2) is 9.41. The van der Waals surface area contributed by atoms with Crippen molar-refractivity contribution in [3.63, 3.8) is 0 Å². The Balaban J connectivity index is 1.19. The molecule has 0 spiro atoms. The lowest BCUT2D eigenvalue weighted by Crippen LogP contribution is -2.50. The van der Waals surface area contributed by atoms with E-state index in [1.165, 1.54) is 6.42 Å². The van der Waals surface area contributed by atoms with Crippen LogP contribution in [-0.2, 0) is 14.8 Å². The number of sulfonamides is 1. The van der Waals surface area contributed by atoms with Gasteiger partial charge in [0.15, 0.2) is 0 Å². The fourth-order valence-electron chi connectivity index (χ4n) is 6.31. The Morgan fingerprint density at radius 3 is 2.28 bits per heavy atom. The number of carbonyl (C=O) groups is 1. The number of hydrazine groups is 1. The molecule has 176 valence electrons. The van der Waals surface area contributed by atoms with E-state index in [0.717, 1.165) is 64.7 Å². The van der Waals surface area contributed by atoms with E-state index in [1.54, 1.807) is 28.6 Å². The van der Waals surface area contributed by atoms with Crippen LogP contribution >= 0.6 is 0 Å². The molecule has 3 unspecified atom stereocenters. The van der Waals surface area contributed by atoms with E-state index in [4.69, 9.17) is 0 Å². The van der Waals surface area contributed by atoms with Crippen LogP contribution < -0.4 is 5.43 Å². The molecule has 4 aliphatic rings. The molecule has 3 atom stereocenters. The molecule has 1 aromatic rings. The highest BCUT2D eigenvalue weighted by Gasteiger charge is 2.45. The van der Waals surface area contributed by atoms with Crippen LogP contribution in [0.5, 0.6) is 0 Å². The number of hydrogen-bond acceptors (Lipinski definition) is 5. The summed E-state index contributed by atoms with van der Waals surface area (Å²) in [5.74, 6) is 1.53. The summed E-state index contributed by atoms with van der Waals surface area (Å²) in [7, 11) is -3.40. The fourth-order valence-corrected chi connectivity index (χ4v) is 7.80. The third kappa shape index (κ3) is 4.34. The second-order valence-corrected chi connectivity index (χ2v) is 11.9. The molecule has 0 saturated carbocycles. The Kier molecular flexibility index (Phi) is 6.56. The number of piperidine rings is 3. The number of benzene rings is 1. The van der Waals surface area contributed by atoms with Crippen molar-refractivity contribution in [2.24, 2.45) is 17.8 Å². The van der Waals surface area contributed by atoms with E-state index < -0.39 is 10.0 Å². The van der Waals surface area contributed by atoms with Gasteiger partial charge in [-0.1, -0.05) is 18.2 Å². The van der Waals surface area contributed by atoms with Crippen molar-refractivity contribution >= 4 is 15.9 Å². The molecule has 4 fully saturated rings. The molecule has 1 N–H and O–H groups in total. The zero-order chi connectivity index (χ0) is 22.1. The van der Waals surface area contributed by atoms with Crippen molar-refractivity contribution in [1.29, 1.82) is 0 Å². The molecule has 4 heterocycles. The maximum atomic E-state index is 13.2. The fraction of sp³-hybridized carbons (Fsp3) is 0.708. The van der Waals surface area contributed by atoms with Crippen LogP contribution in [0.2, 0.25) is 0 Å². The molecule has 0 aliphatic carbocycles. The molecule has 0 radical (unpaired) electrons. The topological polar surface area (TPSA) is 73.0 Å². The quantitative estimate of drug-likeness (QED) is 0.747. The molecule has 4 aliphatic heterocycles. The Morgan fingerprint density at radius 1 is 0.875 bits per heavy atom. The van der Waals surface area contributed by atoms with Crippen LogP contribution in [-0.4, -0.2) is 73.8 Å². The first kappa shape index (κ1) is 22.3. The lowest BCUT2D eigenvalue weighted by Gasteiger charge is -2.42. The first-order chi connectivity index (χ1) is 15.5. The van der Waals surface area contributed by atoms with Gasteiger partial charge < -0.3 is 4.90 Å². The van der Waals surface area contributed by atoms with Crippen LogP contribution in [0.3, 0.4) is 0 Å². The van der Waals surface area contributed by atoms with Gasteiger partial charge in [-0.2, -0.15) is 4.31 Å². The van der Waals surface area contributed by atoms with E-state index in [9.17, 15) is 13.2 Å². The van der Waals surface area contributed by atoms with E-state index in [-0.39, 0.29) is 12.0 Å². The van der Waals surface area contributed by atoms with Gasteiger partial charge in [0, 0.05) is 45.3 Å². The van der Waals surface area contributed by atoms with Gasteiger partial charge in [-0.25, -0.2) is 13.4 Å². The minimum atomic E-state index is -3.40. The Bertz CT molecular complexity index is 895. The number of nitrogens with zero attached hydrogens (tertiary/aromatic N) is 3. The van der Waals surface area contributed by atoms with Crippen LogP contribution in [0, 0.1) is 17.8 Å². The highest BCUT2D eigenvalue weighted by molar-refractivity contribution is 7.89. The average molecular weight is 461 g/mol. The zero-order valence-electron chi connectivity index (χ0n) is 18.9. The molecule has 1 amide bonds. The zero-order valence-corrected chi connectivity index (χ0v) is 19.7. The molecule has 7 nitrogen and oxygen atoms in total. The highest BCUT2D eigenvalue weighted by Crippen LogP contribution is 2.39. The lowest BCUT2D eigenvalue weighted by molar-refractivity contribution is -0.137. The molecule has 8 heteroatoms. The maximum absolute atomic E-state index is 13.2. The van der Waals surface area contributed by atoms with Gasteiger partial charge in [0.2, 0.25) is 15.9 Å². The standard InChI is InChI=1S/C24H36N4O3S/c29-24(26-12-5-2-6-13-26)22-18-25-28-16-11-20(17-23(22)28)19-9-14-27(15-10-19)32(30,31)21-7-3-1-4-8-21/h1,3-4,7-8,19-20,22-23,25H,2,5-6,9-18H2. The van der Waals surface area contributed by atoms with Crippen LogP contribution in [0.25, 0.3) is 0 Å². The molecule has 0 bridgehead atoms. The largest absolute Gasteiger partial charge is 0.342 e. The lowest BCUT2D eigenvalue weighted by atomic mass is 9.75. The van der Waals surface area contributed by atoms with Gasteiger partial charge in [-0.05, 0) is 68.9 Å².